The van der Waals surface area contributed by atoms with Crippen LogP contribution in [0.4, 0.5) is 21.5 Å². The molecule has 0 aliphatic heterocycles. The largest absolute Gasteiger partial charge is 0.394 e. The number of aliphatic hydroxyl groups is 2. The number of pyridine rings is 1. The lowest BCUT2D eigenvalue weighted by Gasteiger charge is -2.23. The summed E-state index contributed by atoms with van der Waals surface area (Å²) in [7, 11) is -2.47. The van der Waals surface area contributed by atoms with Crippen LogP contribution in [0.1, 0.15) is 24.8 Å². The second-order valence-corrected chi connectivity index (χ2v) is 10.9. The van der Waals surface area contributed by atoms with Gasteiger partial charge in [-0.3, -0.25) is 9.52 Å². The molecule has 4 N–H and O–H groups in total. The van der Waals surface area contributed by atoms with Crippen molar-refractivity contribution in [3.63, 3.8) is 0 Å². The molecule has 1 heterocycles. The molecule has 8 nitrogen and oxygen atoms in total. The van der Waals surface area contributed by atoms with Crippen molar-refractivity contribution in [2.24, 2.45) is 7.05 Å². The van der Waals surface area contributed by atoms with Crippen LogP contribution in [0.2, 0.25) is 0 Å². The van der Waals surface area contributed by atoms with Gasteiger partial charge >= 0.3 is 0 Å². The predicted molar refractivity (Wildman–Crippen MR) is 121 cm³/mol. The van der Waals surface area contributed by atoms with Crippen LogP contribution in [-0.2, 0) is 17.1 Å². The number of halogens is 2. The van der Waals surface area contributed by atoms with E-state index < -0.39 is 33.3 Å². The van der Waals surface area contributed by atoms with Crippen LogP contribution >= 0.6 is 22.6 Å². The van der Waals surface area contributed by atoms with Crippen molar-refractivity contribution in [3.05, 3.63) is 49.7 Å². The highest BCUT2D eigenvalue weighted by atomic mass is 127. The van der Waals surface area contributed by atoms with Gasteiger partial charge in [0.15, 0.2) is 0 Å². The fourth-order valence-corrected chi connectivity index (χ4v) is 5.49. The summed E-state index contributed by atoms with van der Waals surface area (Å²) >= 11 is 1.97. The molecule has 1 aromatic carbocycles. The van der Waals surface area contributed by atoms with Crippen molar-refractivity contribution < 1.29 is 23.0 Å². The van der Waals surface area contributed by atoms with Gasteiger partial charge in [0.2, 0.25) is 10.0 Å². The third-order valence-electron chi connectivity index (χ3n) is 5.24. The van der Waals surface area contributed by atoms with Gasteiger partial charge in [0.25, 0.3) is 5.56 Å². The van der Waals surface area contributed by atoms with Crippen molar-refractivity contribution in [3.8, 4) is 0 Å². The van der Waals surface area contributed by atoms with Crippen molar-refractivity contribution in [2.75, 3.05) is 16.6 Å². The summed E-state index contributed by atoms with van der Waals surface area (Å²) in [6.07, 6.45) is 0.776. The average molecular weight is 551 g/mol. The molecule has 1 fully saturated rings. The molecular weight excluding hydrogens is 528 g/mol. The van der Waals surface area contributed by atoms with E-state index in [9.17, 15) is 22.7 Å². The Bertz CT molecular complexity index is 1130. The molecule has 0 bridgehead atoms. The molecule has 0 saturated heterocycles. The van der Waals surface area contributed by atoms with Gasteiger partial charge < -0.3 is 20.1 Å². The molecule has 0 amide bonds. The first kappa shape index (κ1) is 23.0. The minimum atomic E-state index is -3.96. The van der Waals surface area contributed by atoms with Crippen LogP contribution < -0.4 is 15.6 Å². The molecule has 0 radical (unpaired) electrons. The molecular formula is C19H23FIN3O5S. The van der Waals surface area contributed by atoms with Gasteiger partial charge in [-0.25, -0.2) is 12.8 Å². The van der Waals surface area contributed by atoms with Crippen molar-refractivity contribution in [1.29, 1.82) is 0 Å². The van der Waals surface area contributed by atoms with Gasteiger partial charge in [-0.15, -0.1) is 0 Å². The second kappa shape index (κ2) is 8.44. The molecule has 1 unspecified atom stereocenters. The van der Waals surface area contributed by atoms with E-state index in [4.69, 9.17) is 5.11 Å². The molecule has 2 aromatic rings. The van der Waals surface area contributed by atoms with Gasteiger partial charge in [-0.2, -0.15) is 0 Å². The van der Waals surface area contributed by atoms with Crippen LogP contribution in [0, 0.1) is 16.3 Å². The minimum absolute atomic E-state index is 0.0947. The highest BCUT2D eigenvalue weighted by Crippen LogP contribution is 2.48. The topological polar surface area (TPSA) is 121 Å². The maximum absolute atomic E-state index is 14.4. The molecule has 1 aliphatic rings. The lowest BCUT2D eigenvalue weighted by atomic mass is 10.2. The first-order chi connectivity index (χ1) is 14.0. The molecule has 30 heavy (non-hydrogen) atoms. The lowest BCUT2D eigenvalue weighted by Crippen LogP contribution is -2.35. The summed E-state index contributed by atoms with van der Waals surface area (Å²) in [5.74, 6) is -0.541. The first-order valence-electron chi connectivity index (χ1n) is 9.23. The second-order valence-electron chi connectivity index (χ2n) is 7.54. The van der Waals surface area contributed by atoms with E-state index in [2.05, 4.69) is 10.0 Å². The Morgan fingerprint density at radius 3 is 2.57 bits per heavy atom. The molecule has 1 saturated carbocycles. The van der Waals surface area contributed by atoms with Crippen molar-refractivity contribution in [2.45, 2.75) is 37.0 Å². The summed E-state index contributed by atoms with van der Waals surface area (Å²) < 4.78 is 43.7. The number of hydrogen-bond donors (Lipinski definition) is 4. The number of nitrogens with zero attached hydrogens (tertiary/aromatic N) is 1. The summed E-state index contributed by atoms with van der Waals surface area (Å²) in [5, 5.41) is 21.7. The van der Waals surface area contributed by atoms with Crippen molar-refractivity contribution in [1.82, 2.24) is 4.57 Å². The Morgan fingerprint density at radius 2 is 2.00 bits per heavy atom. The molecule has 1 aromatic heterocycles. The van der Waals surface area contributed by atoms with E-state index in [1.807, 2.05) is 22.6 Å². The Morgan fingerprint density at radius 1 is 1.33 bits per heavy atom. The fourth-order valence-electron chi connectivity index (χ4n) is 3.32. The van der Waals surface area contributed by atoms with Gasteiger partial charge in [0.1, 0.15) is 5.82 Å². The fraction of sp³-hybridized carbons (Fsp3) is 0.421. The number of hydrogen-bond acceptors (Lipinski definition) is 6. The van der Waals surface area contributed by atoms with Crippen molar-refractivity contribution >= 4 is 49.7 Å². The molecule has 1 atom stereocenters. The maximum Gasteiger partial charge on any atom is 0.255 e. The lowest BCUT2D eigenvalue weighted by molar-refractivity contribution is 0.0858. The van der Waals surface area contributed by atoms with Crippen LogP contribution in [0.5, 0.6) is 0 Å². The van der Waals surface area contributed by atoms with Gasteiger partial charge in [-0.05, 0) is 67.0 Å². The Balaban J connectivity index is 2.01. The number of aliphatic hydroxyl groups excluding tert-OH is 2. The monoisotopic (exact) mass is 551 g/mol. The zero-order valence-corrected chi connectivity index (χ0v) is 19.4. The summed E-state index contributed by atoms with van der Waals surface area (Å²) in [6, 6.07) is 4.51. The van der Waals surface area contributed by atoms with E-state index in [0.29, 0.717) is 16.4 Å². The Kier molecular flexibility index (Phi) is 6.46. The zero-order chi connectivity index (χ0) is 22.3. The van der Waals surface area contributed by atoms with Crippen LogP contribution in [0.15, 0.2) is 29.2 Å². The number of rotatable bonds is 8. The minimum Gasteiger partial charge on any atom is -0.394 e. The van der Waals surface area contributed by atoms with Crippen LogP contribution in [0.25, 0.3) is 0 Å². The Labute approximate surface area is 187 Å². The number of nitrogens with one attached hydrogen (secondary N) is 2. The number of anilines is 3. The molecule has 0 spiro atoms. The number of benzene rings is 1. The standard InChI is InChI=1S/C19H23FIN3O5S/c1-11-17(22-15-4-3-12(21)7-14(15)20)16(9-24(2)18(11)27)23-30(28,29)19(5-6-19)8-13(26)10-25/h3-4,7,9,13,22-23,25-26H,5-6,8,10H2,1-2H3. The smallest absolute Gasteiger partial charge is 0.255 e. The van der Waals surface area contributed by atoms with E-state index >= 15 is 0 Å². The quantitative estimate of drug-likeness (QED) is 0.374. The number of aryl methyl sites for hydroxylation is 1. The molecule has 164 valence electrons. The van der Waals surface area contributed by atoms with Gasteiger partial charge in [0.05, 0.1) is 34.5 Å². The molecule has 1 aliphatic carbocycles. The van der Waals surface area contributed by atoms with Crippen LogP contribution in [0.3, 0.4) is 0 Å². The molecule has 3 rings (SSSR count). The maximum atomic E-state index is 14.4. The summed E-state index contributed by atoms with van der Waals surface area (Å²) in [5.41, 5.74) is 0.209. The van der Waals surface area contributed by atoms with Gasteiger partial charge in [-0.1, -0.05) is 0 Å². The molecule has 11 heteroatoms. The van der Waals surface area contributed by atoms with E-state index in [1.165, 1.54) is 36.9 Å². The Hall–Kier alpha value is -1.70. The normalized spacial score (nSPS) is 16.2. The number of sulfonamides is 1. The summed E-state index contributed by atoms with van der Waals surface area (Å²) in [6.45, 7) is 0.991. The zero-order valence-electron chi connectivity index (χ0n) is 16.4. The van der Waals surface area contributed by atoms with E-state index in [1.54, 1.807) is 6.07 Å². The summed E-state index contributed by atoms with van der Waals surface area (Å²) in [4.78, 5) is 12.4. The highest BCUT2D eigenvalue weighted by Gasteiger charge is 2.55. The SMILES string of the molecule is Cc1c(Nc2ccc(I)cc2F)c(NS(=O)(=O)C2(CC(O)CO)CC2)cn(C)c1=O. The number of aromatic nitrogens is 1. The van der Waals surface area contributed by atoms with E-state index in [-0.39, 0.29) is 34.6 Å². The average Bonchev–Trinajstić information content (AvgIpc) is 3.45. The third-order valence-corrected chi connectivity index (χ3v) is 8.11. The highest BCUT2D eigenvalue weighted by molar-refractivity contribution is 14.1. The van der Waals surface area contributed by atoms with E-state index in [0.717, 1.165) is 0 Å². The van der Waals surface area contributed by atoms with Gasteiger partial charge in [0, 0.05) is 22.4 Å². The third kappa shape index (κ3) is 4.48. The van der Waals surface area contributed by atoms with Crippen LogP contribution in [-0.4, -0.2) is 40.7 Å². The predicted octanol–water partition coefficient (Wildman–Crippen LogP) is 2.20. The first-order valence-corrected chi connectivity index (χ1v) is 11.8.